The fourth-order valence-electron chi connectivity index (χ4n) is 1.48. The van der Waals surface area contributed by atoms with Crippen LogP contribution >= 0.6 is 0 Å². The van der Waals surface area contributed by atoms with Crippen LogP contribution in [0.4, 0.5) is 0 Å². The average Bonchev–Trinajstić information content (AvgIpc) is 2.16. The van der Waals surface area contributed by atoms with Crippen LogP contribution in [-0.2, 0) is 0 Å². The van der Waals surface area contributed by atoms with Crippen LogP contribution in [-0.4, -0.2) is 4.98 Å². The molecule has 0 unspecified atom stereocenters. The zero-order chi connectivity index (χ0) is 10.1. The van der Waals surface area contributed by atoms with Gasteiger partial charge in [-0.15, -0.1) is 0 Å². The first kappa shape index (κ1) is 8.94. The molecule has 14 heavy (non-hydrogen) atoms. The molecule has 0 saturated heterocycles. The predicted molar refractivity (Wildman–Crippen MR) is 54.4 cm³/mol. The van der Waals surface area contributed by atoms with Crippen LogP contribution in [0.15, 0.2) is 33.5 Å². The highest BCUT2D eigenvalue weighted by atomic mass is 16.4. The van der Waals surface area contributed by atoms with Gasteiger partial charge in [-0.2, -0.15) is 4.98 Å². The van der Waals surface area contributed by atoms with E-state index in [1.165, 1.54) is 0 Å². The van der Waals surface area contributed by atoms with Crippen molar-refractivity contribution in [1.82, 2.24) is 4.98 Å². The molecule has 1 aromatic carbocycles. The lowest BCUT2D eigenvalue weighted by Crippen LogP contribution is -2.08. The molecule has 1 aromatic heterocycles. The smallest absolute Gasteiger partial charge is 0.408 e. The summed E-state index contributed by atoms with van der Waals surface area (Å²) in [5.74, 6) is -0.295. The Morgan fingerprint density at radius 3 is 2.71 bits per heavy atom. The molecule has 0 spiro atoms. The number of benzene rings is 1. The third-order valence-corrected chi connectivity index (χ3v) is 2.12. The van der Waals surface area contributed by atoms with E-state index >= 15 is 0 Å². The van der Waals surface area contributed by atoms with E-state index in [2.05, 4.69) is 4.98 Å². The maximum atomic E-state index is 11.1. The number of para-hydroxylation sites is 1. The third kappa shape index (κ3) is 1.41. The molecule has 0 aliphatic carbocycles. The Morgan fingerprint density at radius 2 is 2.00 bits per heavy atom. The van der Waals surface area contributed by atoms with Gasteiger partial charge in [-0.1, -0.05) is 26.0 Å². The summed E-state index contributed by atoms with van der Waals surface area (Å²) in [5.41, 5.74) is 1.41. The van der Waals surface area contributed by atoms with E-state index in [1.807, 2.05) is 32.0 Å². The molecule has 2 rings (SSSR count). The Morgan fingerprint density at radius 1 is 1.29 bits per heavy atom. The predicted octanol–water partition coefficient (Wildman–Crippen LogP) is 2.31. The van der Waals surface area contributed by atoms with Crippen molar-refractivity contribution in [2.45, 2.75) is 19.8 Å². The first-order valence-corrected chi connectivity index (χ1v) is 4.58. The van der Waals surface area contributed by atoms with Crippen molar-refractivity contribution < 1.29 is 4.42 Å². The number of nitrogens with zero attached hydrogens (tertiary/aromatic N) is 1. The molecule has 0 radical (unpaired) electrons. The van der Waals surface area contributed by atoms with Gasteiger partial charge >= 0.3 is 5.76 Å². The van der Waals surface area contributed by atoms with E-state index < -0.39 is 5.76 Å². The maximum Gasteiger partial charge on any atom is 0.439 e. The number of aromatic nitrogens is 1. The van der Waals surface area contributed by atoms with Gasteiger partial charge in [0.05, 0.1) is 5.69 Å². The van der Waals surface area contributed by atoms with Gasteiger partial charge in [0.2, 0.25) is 0 Å². The Labute approximate surface area is 81.4 Å². The minimum absolute atomic E-state index is 0.226. The molecule has 0 saturated carbocycles. The van der Waals surface area contributed by atoms with E-state index in [0.717, 1.165) is 11.1 Å². The number of hydrogen-bond acceptors (Lipinski definition) is 3. The largest absolute Gasteiger partial charge is 0.439 e. The molecule has 0 aliphatic rings. The maximum absolute atomic E-state index is 11.1. The van der Waals surface area contributed by atoms with Crippen molar-refractivity contribution in [2.75, 3.05) is 0 Å². The lowest BCUT2D eigenvalue weighted by atomic mass is 10.1. The lowest BCUT2D eigenvalue weighted by molar-refractivity contribution is 0.523. The van der Waals surface area contributed by atoms with Gasteiger partial charge in [-0.3, -0.25) is 0 Å². The summed E-state index contributed by atoms with van der Waals surface area (Å²) in [5, 5.41) is 0.919. The van der Waals surface area contributed by atoms with Crippen molar-refractivity contribution >= 4 is 11.0 Å². The van der Waals surface area contributed by atoms with E-state index in [-0.39, 0.29) is 5.92 Å². The summed E-state index contributed by atoms with van der Waals surface area (Å²) in [6.45, 7) is 4.02. The summed E-state index contributed by atoms with van der Waals surface area (Å²) in [4.78, 5) is 15.0. The fraction of sp³-hybridized carbons (Fsp3) is 0.273. The Kier molecular flexibility index (Phi) is 2.08. The van der Waals surface area contributed by atoms with Crippen molar-refractivity contribution in [2.24, 2.45) is 0 Å². The van der Waals surface area contributed by atoms with E-state index in [4.69, 9.17) is 4.42 Å². The lowest BCUT2D eigenvalue weighted by Gasteiger charge is -2.05. The Hall–Kier alpha value is -1.64. The second kappa shape index (κ2) is 3.25. The average molecular weight is 189 g/mol. The van der Waals surface area contributed by atoms with Crippen LogP contribution in [0.5, 0.6) is 0 Å². The van der Waals surface area contributed by atoms with Crippen LogP contribution in [0, 0.1) is 0 Å². The van der Waals surface area contributed by atoms with Gasteiger partial charge in [0.25, 0.3) is 0 Å². The quantitative estimate of drug-likeness (QED) is 0.691. The Balaban J connectivity index is 2.87. The molecular weight excluding hydrogens is 178 g/mol. The zero-order valence-corrected chi connectivity index (χ0v) is 8.15. The van der Waals surface area contributed by atoms with Gasteiger partial charge in [-0.05, 0) is 18.1 Å². The van der Waals surface area contributed by atoms with Crippen molar-refractivity contribution in [1.29, 1.82) is 0 Å². The van der Waals surface area contributed by atoms with Gasteiger partial charge in [0.1, 0.15) is 5.58 Å². The molecule has 0 amide bonds. The first-order chi connectivity index (χ1) is 6.68. The van der Waals surface area contributed by atoms with Crippen LogP contribution in [0.3, 0.4) is 0 Å². The first-order valence-electron chi connectivity index (χ1n) is 4.58. The molecule has 0 atom stereocenters. The molecule has 72 valence electrons. The van der Waals surface area contributed by atoms with Gasteiger partial charge in [0.15, 0.2) is 0 Å². The monoisotopic (exact) mass is 189 g/mol. The van der Waals surface area contributed by atoms with Crippen molar-refractivity contribution in [3.8, 4) is 0 Å². The molecule has 1 heterocycles. The number of fused-ring (bicyclic) bond motifs is 1. The molecule has 0 fully saturated rings. The molecule has 3 nitrogen and oxygen atoms in total. The van der Waals surface area contributed by atoms with Crippen LogP contribution in [0.1, 0.15) is 25.5 Å². The summed E-state index contributed by atoms with van der Waals surface area (Å²) < 4.78 is 4.99. The molecule has 0 N–H and O–H groups in total. The van der Waals surface area contributed by atoms with Crippen LogP contribution < -0.4 is 5.76 Å². The third-order valence-electron chi connectivity index (χ3n) is 2.12. The summed E-state index contributed by atoms with van der Waals surface area (Å²) >= 11 is 0. The highest BCUT2D eigenvalue weighted by molar-refractivity contribution is 5.79. The second-order valence-corrected chi connectivity index (χ2v) is 3.52. The van der Waals surface area contributed by atoms with Gasteiger partial charge in [-0.25, -0.2) is 4.79 Å². The highest BCUT2D eigenvalue weighted by Crippen LogP contribution is 2.20. The normalized spacial score (nSPS) is 11.1. The Bertz CT molecular complexity index is 514. The molecule has 3 heteroatoms. The summed E-state index contributed by atoms with van der Waals surface area (Å²) in [7, 11) is 0. The van der Waals surface area contributed by atoms with E-state index in [0.29, 0.717) is 5.58 Å². The minimum Gasteiger partial charge on any atom is -0.408 e. The van der Waals surface area contributed by atoms with Crippen LogP contribution in [0.2, 0.25) is 0 Å². The van der Waals surface area contributed by atoms with Crippen molar-refractivity contribution in [3.63, 3.8) is 0 Å². The van der Waals surface area contributed by atoms with E-state index in [1.54, 1.807) is 6.07 Å². The molecular formula is C11H11NO2. The van der Waals surface area contributed by atoms with Gasteiger partial charge in [0, 0.05) is 5.39 Å². The standard InChI is InChI=1S/C11H11NO2/c1-7(2)10-8-5-3-4-6-9(8)14-11(13)12-10/h3-7H,1-2H3. The fourth-order valence-corrected chi connectivity index (χ4v) is 1.48. The second-order valence-electron chi connectivity index (χ2n) is 3.52. The molecule has 0 bridgehead atoms. The topological polar surface area (TPSA) is 43.1 Å². The summed E-state index contributed by atoms with van der Waals surface area (Å²) in [6, 6.07) is 7.45. The molecule has 2 aromatic rings. The highest BCUT2D eigenvalue weighted by Gasteiger charge is 2.09. The van der Waals surface area contributed by atoms with E-state index in [9.17, 15) is 4.79 Å². The van der Waals surface area contributed by atoms with Gasteiger partial charge < -0.3 is 4.42 Å². The number of rotatable bonds is 1. The molecule has 0 aliphatic heterocycles. The zero-order valence-electron chi connectivity index (χ0n) is 8.15. The summed E-state index contributed by atoms with van der Waals surface area (Å²) in [6.07, 6.45) is 0. The van der Waals surface area contributed by atoms with Crippen molar-refractivity contribution in [3.05, 3.63) is 40.5 Å². The number of hydrogen-bond donors (Lipinski definition) is 0. The SMILES string of the molecule is CC(C)c1nc(=O)oc2ccccc12. The van der Waals surface area contributed by atoms with Crippen LogP contribution in [0.25, 0.3) is 11.0 Å². The minimum atomic E-state index is -0.521.